The Labute approximate surface area is 128 Å². The maximum Gasteiger partial charge on any atom is 0.122 e. The van der Waals surface area contributed by atoms with E-state index in [0.717, 1.165) is 42.5 Å². The van der Waals surface area contributed by atoms with Gasteiger partial charge >= 0.3 is 0 Å². The van der Waals surface area contributed by atoms with Gasteiger partial charge in [0.1, 0.15) is 5.75 Å². The van der Waals surface area contributed by atoms with Crippen molar-refractivity contribution in [1.82, 2.24) is 5.32 Å². The second-order valence-corrected chi connectivity index (χ2v) is 5.96. The van der Waals surface area contributed by atoms with Crippen LogP contribution in [0.15, 0.2) is 12.1 Å². The van der Waals surface area contributed by atoms with E-state index in [9.17, 15) is 0 Å². The summed E-state index contributed by atoms with van der Waals surface area (Å²) in [5, 5.41) is 4.18. The van der Waals surface area contributed by atoms with Gasteiger partial charge in [0.15, 0.2) is 0 Å². The number of ether oxygens (including phenoxy) is 1. The molecular formula is C17H28ClNO. The Bertz CT molecular complexity index is 404. The molecule has 0 fully saturated rings. The SMILES string of the molecule is CCNCCCCCOc1cc(C(C)C)c(Cl)cc1C. The van der Waals surface area contributed by atoms with Crippen LogP contribution in [-0.4, -0.2) is 19.7 Å². The normalized spacial score (nSPS) is 11.1. The fourth-order valence-corrected chi connectivity index (χ4v) is 2.59. The number of hydrogen-bond acceptors (Lipinski definition) is 2. The zero-order valence-electron chi connectivity index (χ0n) is 13.3. The maximum atomic E-state index is 6.27. The first kappa shape index (κ1) is 17.3. The first-order valence-corrected chi connectivity index (χ1v) is 8.07. The quantitative estimate of drug-likeness (QED) is 0.653. The number of nitrogens with one attached hydrogen (secondary N) is 1. The highest BCUT2D eigenvalue weighted by Crippen LogP contribution is 2.31. The zero-order valence-corrected chi connectivity index (χ0v) is 14.0. The van der Waals surface area contributed by atoms with E-state index in [0.29, 0.717) is 5.92 Å². The molecule has 0 saturated heterocycles. The molecule has 0 atom stereocenters. The number of halogens is 1. The van der Waals surface area contributed by atoms with Gasteiger partial charge in [0.2, 0.25) is 0 Å². The van der Waals surface area contributed by atoms with E-state index in [4.69, 9.17) is 16.3 Å². The Kier molecular flexibility index (Phi) is 8.01. The van der Waals surface area contributed by atoms with E-state index in [1.807, 2.05) is 6.07 Å². The zero-order chi connectivity index (χ0) is 15.0. The monoisotopic (exact) mass is 297 g/mol. The van der Waals surface area contributed by atoms with Crippen molar-refractivity contribution in [2.45, 2.75) is 52.9 Å². The van der Waals surface area contributed by atoms with Crippen molar-refractivity contribution in [3.8, 4) is 5.75 Å². The molecule has 0 unspecified atom stereocenters. The van der Waals surface area contributed by atoms with E-state index < -0.39 is 0 Å². The van der Waals surface area contributed by atoms with Gasteiger partial charge in [0, 0.05) is 5.02 Å². The van der Waals surface area contributed by atoms with Crippen molar-refractivity contribution in [3.63, 3.8) is 0 Å². The van der Waals surface area contributed by atoms with Gasteiger partial charge in [-0.05, 0) is 68.5 Å². The molecule has 0 aromatic heterocycles. The Morgan fingerprint density at radius 2 is 1.95 bits per heavy atom. The average Bonchev–Trinajstić information content (AvgIpc) is 2.39. The van der Waals surface area contributed by atoms with Gasteiger partial charge in [0.25, 0.3) is 0 Å². The molecule has 0 aliphatic rings. The van der Waals surface area contributed by atoms with Crippen molar-refractivity contribution >= 4 is 11.6 Å². The van der Waals surface area contributed by atoms with E-state index in [1.54, 1.807) is 0 Å². The van der Waals surface area contributed by atoms with Crippen LogP contribution in [0.4, 0.5) is 0 Å². The number of unbranched alkanes of at least 4 members (excludes halogenated alkanes) is 2. The van der Waals surface area contributed by atoms with E-state index in [1.165, 1.54) is 18.4 Å². The second kappa shape index (κ2) is 9.25. The van der Waals surface area contributed by atoms with Gasteiger partial charge in [-0.1, -0.05) is 32.4 Å². The predicted octanol–water partition coefficient (Wildman–Crippen LogP) is 4.93. The van der Waals surface area contributed by atoms with Gasteiger partial charge in [-0.3, -0.25) is 0 Å². The highest BCUT2D eigenvalue weighted by Gasteiger charge is 2.09. The lowest BCUT2D eigenvalue weighted by atomic mass is 10.0. The minimum atomic E-state index is 0.422. The summed E-state index contributed by atoms with van der Waals surface area (Å²) >= 11 is 6.27. The molecule has 0 heterocycles. The highest BCUT2D eigenvalue weighted by molar-refractivity contribution is 6.31. The molecule has 114 valence electrons. The van der Waals surface area contributed by atoms with Crippen LogP contribution in [0.5, 0.6) is 5.75 Å². The number of rotatable bonds is 9. The summed E-state index contributed by atoms with van der Waals surface area (Å²) in [6.45, 7) is 11.4. The molecule has 2 nitrogen and oxygen atoms in total. The Morgan fingerprint density at radius 1 is 1.20 bits per heavy atom. The Balaban J connectivity index is 2.42. The van der Waals surface area contributed by atoms with E-state index >= 15 is 0 Å². The molecule has 1 rings (SSSR count). The van der Waals surface area contributed by atoms with Crippen LogP contribution in [0.25, 0.3) is 0 Å². The molecule has 0 radical (unpaired) electrons. The largest absolute Gasteiger partial charge is 0.493 e. The third-order valence-electron chi connectivity index (χ3n) is 3.42. The Hall–Kier alpha value is -0.730. The highest BCUT2D eigenvalue weighted by atomic mass is 35.5. The van der Waals surface area contributed by atoms with Crippen LogP contribution in [0, 0.1) is 6.92 Å². The minimum absolute atomic E-state index is 0.422. The molecule has 1 aromatic rings. The van der Waals surface area contributed by atoms with Crippen molar-refractivity contribution in [3.05, 3.63) is 28.3 Å². The van der Waals surface area contributed by atoms with Crippen molar-refractivity contribution in [2.24, 2.45) is 0 Å². The van der Waals surface area contributed by atoms with Crippen LogP contribution in [0.2, 0.25) is 5.02 Å². The van der Waals surface area contributed by atoms with Crippen LogP contribution >= 0.6 is 11.6 Å². The third kappa shape index (κ3) is 5.72. The molecule has 0 aliphatic heterocycles. The Morgan fingerprint density at radius 3 is 2.60 bits per heavy atom. The molecular weight excluding hydrogens is 270 g/mol. The summed E-state index contributed by atoms with van der Waals surface area (Å²) < 4.78 is 5.91. The van der Waals surface area contributed by atoms with Gasteiger partial charge in [-0.2, -0.15) is 0 Å². The number of benzene rings is 1. The summed E-state index contributed by atoms with van der Waals surface area (Å²) in [5.41, 5.74) is 2.28. The van der Waals surface area contributed by atoms with Gasteiger partial charge in [-0.25, -0.2) is 0 Å². The number of aryl methyl sites for hydroxylation is 1. The van der Waals surface area contributed by atoms with Crippen molar-refractivity contribution < 1.29 is 4.74 Å². The first-order valence-electron chi connectivity index (χ1n) is 7.69. The molecule has 3 heteroatoms. The first-order chi connectivity index (χ1) is 9.56. The van der Waals surface area contributed by atoms with Crippen LogP contribution in [0.3, 0.4) is 0 Å². The molecule has 0 saturated carbocycles. The smallest absolute Gasteiger partial charge is 0.122 e. The fraction of sp³-hybridized carbons (Fsp3) is 0.647. The summed E-state index contributed by atoms with van der Waals surface area (Å²) in [4.78, 5) is 0. The number of hydrogen-bond donors (Lipinski definition) is 1. The van der Waals surface area contributed by atoms with E-state index in [2.05, 4.69) is 39.1 Å². The molecule has 0 aliphatic carbocycles. The maximum absolute atomic E-state index is 6.27. The summed E-state index contributed by atoms with van der Waals surface area (Å²) in [6.07, 6.45) is 3.52. The van der Waals surface area contributed by atoms with Crippen LogP contribution in [-0.2, 0) is 0 Å². The molecule has 20 heavy (non-hydrogen) atoms. The van der Waals surface area contributed by atoms with Crippen molar-refractivity contribution in [1.29, 1.82) is 0 Å². The molecule has 1 N–H and O–H groups in total. The van der Waals surface area contributed by atoms with Crippen LogP contribution in [0.1, 0.15) is 57.1 Å². The molecule has 0 bridgehead atoms. The topological polar surface area (TPSA) is 21.3 Å². The average molecular weight is 298 g/mol. The van der Waals surface area contributed by atoms with Gasteiger partial charge in [0.05, 0.1) is 6.61 Å². The lowest BCUT2D eigenvalue weighted by Gasteiger charge is -2.14. The third-order valence-corrected chi connectivity index (χ3v) is 3.75. The second-order valence-electron chi connectivity index (χ2n) is 5.56. The van der Waals surface area contributed by atoms with Crippen LogP contribution < -0.4 is 10.1 Å². The van der Waals surface area contributed by atoms with Gasteiger partial charge in [-0.15, -0.1) is 0 Å². The lowest BCUT2D eigenvalue weighted by Crippen LogP contribution is -2.14. The van der Waals surface area contributed by atoms with E-state index in [-0.39, 0.29) is 0 Å². The molecule has 0 spiro atoms. The van der Waals surface area contributed by atoms with Crippen molar-refractivity contribution in [2.75, 3.05) is 19.7 Å². The fourth-order valence-electron chi connectivity index (χ4n) is 2.15. The standard InChI is InChI=1S/C17H28ClNO/c1-5-19-9-7-6-8-10-20-17-12-15(13(2)3)16(18)11-14(17)4/h11-13,19H,5-10H2,1-4H3. The predicted molar refractivity (Wildman–Crippen MR) is 88.2 cm³/mol. The molecule has 0 amide bonds. The summed E-state index contributed by atoms with van der Waals surface area (Å²) in [7, 11) is 0. The lowest BCUT2D eigenvalue weighted by molar-refractivity contribution is 0.302. The minimum Gasteiger partial charge on any atom is -0.493 e. The summed E-state index contributed by atoms with van der Waals surface area (Å²) in [6, 6.07) is 4.11. The molecule has 1 aromatic carbocycles. The van der Waals surface area contributed by atoms with Gasteiger partial charge < -0.3 is 10.1 Å². The summed E-state index contributed by atoms with van der Waals surface area (Å²) in [5.74, 6) is 1.40.